The summed E-state index contributed by atoms with van der Waals surface area (Å²) in [6, 6.07) is 12.9. The molecular weight excluding hydrogens is 476 g/mol. The Morgan fingerprint density at radius 2 is 1.94 bits per heavy atom. The topological polar surface area (TPSA) is 76.9 Å². The number of anilines is 1. The third-order valence-corrected chi connectivity index (χ3v) is 8.01. The lowest BCUT2D eigenvalue weighted by atomic mass is 10.1. The van der Waals surface area contributed by atoms with Crippen LogP contribution in [-0.4, -0.2) is 26.2 Å². The number of pyridine rings is 1. The summed E-state index contributed by atoms with van der Waals surface area (Å²) >= 11 is 8.91. The van der Waals surface area contributed by atoms with Crippen molar-refractivity contribution in [3.05, 3.63) is 74.6 Å². The van der Waals surface area contributed by atoms with Gasteiger partial charge in [0.15, 0.2) is 10.3 Å². The van der Waals surface area contributed by atoms with Crippen molar-refractivity contribution in [3.8, 4) is 5.69 Å². The molecule has 1 aliphatic carbocycles. The zero-order valence-corrected chi connectivity index (χ0v) is 20.1. The van der Waals surface area contributed by atoms with Crippen LogP contribution in [0.5, 0.6) is 0 Å². The molecule has 0 aliphatic heterocycles. The average Bonchev–Trinajstić information content (AvgIpc) is 3.01. The third kappa shape index (κ3) is 4.55. The summed E-state index contributed by atoms with van der Waals surface area (Å²) < 4.78 is 1.63. The number of fused-ring (bicyclic) bond motifs is 3. The molecule has 3 aromatic heterocycles. The van der Waals surface area contributed by atoms with E-state index in [-0.39, 0.29) is 22.4 Å². The van der Waals surface area contributed by atoms with E-state index in [9.17, 15) is 9.59 Å². The normalized spacial score (nSPS) is 13.5. The number of aromatic nitrogens is 3. The Balaban J connectivity index is 1.53. The molecule has 1 N–H and O–H groups in total. The highest BCUT2D eigenvalue weighted by molar-refractivity contribution is 7.99. The van der Waals surface area contributed by atoms with Gasteiger partial charge >= 0.3 is 0 Å². The van der Waals surface area contributed by atoms with Crippen molar-refractivity contribution in [2.45, 2.75) is 37.3 Å². The maximum atomic E-state index is 13.8. The largest absolute Gasteiger partial charge is 0.323 e. The number of thiophene rings is 1. The molecule has 1 aromatic carbocycles. The first-order chi connectivity index (χ1) is 16.1. The molecule has 4 aromatic rings. The molecule has 3 heterocycles. The van der Waals surface area contributed by atoms with E-state index in [1.807, 2.05) is 30.3 Å². The number of hydrogen-bond donors (Lipinski definition) is 1. The van der Waals surface area contributed by atoms with Crippen LogP contribution in [0.2, 0.25) is 5.15 Å². The van der Waals surface area contributed by atoms with E-state index in [0.29, 0.717) is 10.8 Å². The number of rotatable bonds is 5. The number of nitrogens with one attached hydrogen (secondary N) is 1. The van der Waals surface area contributed by atoms with Gasteiger partial charge < -0.3 is 5.32 Å². The Morgan fingerprint density at radius 3 is 2.76 bits per heavy atom. The minimum Gasteiger partial charge on any atom is -0.323 e. The van der Waals surface area contributed by atoms with Crippen LogP contribution >= 0.6 is 34.7 Å². The molecule has 33 heavy (non-hydrogen) atoms. The first-order valence-electron chi connectivity index (χ1n) is 10.8. The van der Waals surface area contributed by atoms with Crippen LogP contribution in [-0.2, 0) is 17.6 Å². The number of hydrogen-bond acceptors (Lipinski definition) is 6. The summed E-state index contributed by atoms with van der Waals surface area (Å²) in [7, 11) is 0. The second kappa shape index (κ2) is 9.67. The van der Waals surface area contributed by atoms with Gasteiger partial charge in [0, 0.05) is 11.1 Å². The molecule has 5 rings (SSSR count). The fourth-order valence-electron chi connectivity index (χ4n) is 4.06. The van der Waals surface area contributed by atoms with Crippen LogP contribution < -0.4 is 10.9 Å². The highest BCUT2D eigenvalue weighted by atomic mass is 35.5. The smallest absolute Gasteiger partial charge is 0.267 e. The number of thioether (sulfide) groups is 1. The summed E-state index contributed by atoms with van der Waals surface area (Å²) in [5, 5.41) is 4.24. The summed E-state index contributed by atoms with van der Waals surface area (Å²) in [6.45, 7) is 0. The molecule has 1 amide bonds. The standard InChI is InChI=1S/C24H21ClN4O2S2/c25-21-17(11-7-13-26-21)27-19(30)14-32-24-28-22-20(16-10-5-2-6-12-18(16)33-22)23(31)29(24)15-8-3-1-4-9-15/h1,3-4,7-9,11,13H,2,5-6,10,12,14H2,(H,27,30). The van der Waals surface area contributed by atoms with Crippen molar-refractivity contribution < 1.29 is 4.79 Å². The molecule has 0 fully saturated rings. The predicted octanol–water partition coefficient (Wildman–Crippen LogP) is 5.50. The molecule has 0 radical (unpaired) electrons. The van der Waals surface area contributed by atoms with Crippen LogP contribution in [0.25, 0.3) is 15.9 Å². The Bertz CT molecular complexity index is 1380. The molecule has 0 saturated carbocycles. The van der Waals surface area contributed by atoms with Crippen LogP contribution in [0.15, 0.2) is 58.6 Å². The van der Waals surface area contributed by atoms with Crippen molar-refractivity contribution in [2.75, 3.05) is 11.1 Å². The summed E-state index contributed by atoms with van der Waals surface area (Å²) in [6.07, 6.45) is 6.91. The van der Waals surface area contributed by atoms with E-state index < -0.39 is 0 Å². The first kappa shape index (κ1) is 22.1. The summed E-state index contributed by atoms with van der Waals surface area (Å²) in [4.78, 5) is 37.2. The third-order valence-electron chi connectivity index (χ3n) is 5.59. The van der Waals surface area contributed by atoms with Crippen LogP contribution in [0, 0.1) is 0 Å². The lowest BCUT2D eigenvalue weighted by molar-refractivity contribution is -0.113. The van der Waals surface area contributed by atoms with E-state index >= 15 is 0 Å². The van der Waals surface area contributed by atoms with Gasteiger partial charge in [0.1, 0.15) is 4.83 Å². The molecule has 0 atom stereocenters. The van der Waals surface area contributed by atoms with Gasteiger partial charge in [-0.05, 0) is 55.5 Å². The number of nitrogens with zero attached hydrogens (tertiary/aromatic N) is 3. The zero-order chi connectivity index (χ0) is 22.8. The number of halogens is 1. The van der Waals surface area contributed by atoms with Crippen molar-refractivity contribution in [3.63, 3.8) is 0 Å². The Morgan fingerprint density at radius 1 is 1.12 bits per heavy atom. The summed E-state index contributed by atoms with van der Waals surface area (Å²) in [5.41, 5.74) is 2.29. The van der Waals surface area contributed by atoms with E-state index in [1.54, 1.807) is 34.2 Å². The highest BCUT2D eigenvalue weighted by Crippen LogP contribution is 2.34. The van der Waals surface area contributed by atoms with E-state index in [4.69, 9.17) is 16.6 Å². The lowest BCUT2D eigenvalue weighted by Gasteiger charge is -2.13. The molecule has 9 heteroatoms. The van der Waals surface area contributed by atoms with Gasteiger partial charge in [-0.25, -0.2) is 9.97 Å². The summed E-state index contributed by atoms with van der Waals surface area (Å²) in [5.74, 6) is -0.160. The molecule has 6 nitrogen and oxygen atoms in total. The fourth-order valence-corrected chi connectivity index (χ4v) is 6.34. The number of carbonyl (C=O) groups is 1. The quantitative estimate of drug-likeness (QED) is 0.171. The Hall–Kier alpha value is -2.68. The van der Waals surface area contributed by atoms with Gasteiger partial charge in [-0.3, -0.25) is 14.2 Å². The van der Waals surface area contributed by atoms with Crippen molar-refractivity contribution >= 4 is 56.5 Å². The maximum Gasteiger partial charge on any atom is 0.267 e. The monoisotopic (exact) mass is 496 g/mol. The minimum absolute atomic E-state index is 0.0659. The van der Waals surface area contributed by atoms with Gasteiger partial charge in [0.2, 0.25) is 5.91 Å². The van der Waals surface area contributed by atoms with E-state index in [0.717, 1.165) is 47.2 Å². The van der Waals surface area contributed by atoms with E-state index in [1.165, 1.54) is 23.1 Å². The maximum absolute atomic E-state index is 13.8. The van der Waals surface area contributed by atoms with Gasteiger partial charge in [-0.15, -0.1) is 11.3 Å². The molecule has 168 valence electrons. The van der Waals surface area contributed by atoms with Gasteiger partial charge in [-0.2, -0.15) is 0 Å². The van der Waals surface area contributed by atoms with Crippen LogP contribution in [0.4, 0.5) is 5.69 Å². The predicted molar refractivity (Wildman–Crippen MR) is 135 cm³/mol. The minimum atomic E-state index is -0.245. The van der Waals surface area contributed by atoms with E-state index in [2.05, 4.69) is 10.3 Å². The number of amides is 1. The number of para-hydroxylation sites is 1. The van der Waals surface area contributed by atoms with Crippen molar-refractivity contribution in [1.82, 2.24) is 14.5 Å². The average molecular weight is 497 g/mol. The molecule has 1 aliphatic rings. The Labute approximate surface area is 204 Å². The molecule has 0 unspecified atom stereocenters. The second-order valence-corrected chi connectivity index (χ2v) is 10.2. The van der Waals surface area contributed by atoms with Gasteiger partial charge in [0.05, 0.1) is 22.5 Å². The fraction of sp³-hybridized carbons (Fsp3) is 0.250. The zero-order valence-electron chi connectivity index (χ0n) is 17.7. The van der Waals surface area contributed by atoms with Crippen LogP contribution in [0.1, 0.15) is 29.7 Å². The van der Waals surface area contributed by atoms with Gasteiger partial charge in [-0.1, -0.05) is 48.0 Å². The van der Waals surface area contributed by atoms with Crippen molar-refractivity contribution in [2.24, 2.45) is 0 Å². The van der Waals surface area contributed by atoms with Crippen molar-refractivity contribution in [1.29, 1.82) is 0 Å². The first-order valence-corrected chi connectivity index (χ1v) is 13.0. The molecule has 0 spiro atoms. The highest BCUT2D eigenvalue weighted by Gasteiger charge is 2.22. The second-order valence-electron chi connectivity index (χ2n) is 7.79. The SMILES string of the molecule is O=C(CSc1nc2sc3c(c2c(=O)n1-c1ccccc1)CCCCC3)Nc1cccnc1Cl. The van der Waals surface area contributed by atoms with Crippen LogP contribution in [0.3, 0.4) is 0 Å². The number of benzene rings is 1. The Kier molecular flexibility index (Phi) is 6.48. The number of carbonyl (C=O) groups excluding carboxylic acids is 1. The molecular formula is C24H21ClN4O2S2. The molecule has 0 saturated heterocycles. The van der Waals surface area contributed by atoms with Gasteiger partial charge in [0.25, 0.3) is 5.56 Å². The number of aryl methyl sites for hydroxylation is 2. The molecule has 0 bridgehead atoms. The lowest BCUT2D eigenvalue weighted by Crippen LogP contribution is -2.23.